The van der Waals surface area contributed by atoms with Crippen molar-refractivity contribution >= 4 is 11.2 Å². The standard InChI is InChI=1S/C9H10N4O2/c14-9-13-7-6(5-1-2-10-3-5)11-4-12-8(7)15-9/h4-5,10H,1-3H2,(H,13,14). The first kappa shape index (κ1) is 8.60. The summed E-state index contributed by atoms with van der Waals surface area (Å²) in [6.45, 7) is 1.87. The molecule has 0 amide bonds. The summed E-state index contributed by atoms with van der Waals surface area (Å²) >= 11 is 0. The van der Waals surface area contributed by atoms with Crippen LogP contribution in [0.1, 0.15) is 18.0 Å². The van der Waals surface area contributed by atoms with Crippen LogP contribution >= 0.6 is 0 Å². The van der Waals surface area contributed by atoms with Gasteiger partial charge in [-0.3, -0.25) is 4.98 Å². The van der Waals surface area contributed by atoms with Gasteiger partial charge in [0.05, 0.1) is 5.69 Å². The fraction of sp³-hybridized carbons (Fsp3) is 0.444. The Labute approximate surface area is 84.7 Å². The summed E-state index contributed by atoms with van der Waals surface area (Å²) in [4.78, 5) is 21.8. The van der Waals surface area contributed by atoms with Crippen LogP contribution in [0.5, 0.6) is 0 Å². The van der Waals surface area contributed by atoms with Gasteiger partial charge in [-0.1, -0.05) is 0 Å². The average Bonchev–Trinajstić information content (AvgIpc) is 2.82. The van der Waals surface area contributed by atoms with E-state index >= 15 is 0 Å². The minimum atomic E-state index is -0.474. The van der Waals surface area contributed by atoms with Crippen LogP contribution < -0.4 is 11.1 Å². The fourth-order valence-electron chi connectivity index (χ4n) is 1.99. The average molecular weight is 206 g/mol. The molecular weight excluding hydrogens is 196 g/mol. The minimum Gasteiger partial charge on any atom is -0.389 e. The van der Waals surface area contributed by atoms with Gasteiger partial charge in [0.1, 0.15) is 11.8 Å². The third-order valence-corrected chi connectivity index (χ3v) is 2.71. The van der Waals surface area contributed by atoms with E-state index in [1.54, 1.807) is 0 Å². The van der Waals surface area contributed by atoms with Gasteiger partial charge in [0.2, 0.25) is 0 Å². The Morgan fingerprint density at radius 2 is 2.40 bits per heavy atom. The molecule has 0 saturated carbocycles. The molecule has 0 aliphatic carbocycles. The molecule has 1 saturated heterocycles. The van der Waals surface area contributed by atoms with Gasteiger partial charge < -0.3 is 9.73 Å². The third-order valence-electron chi connectivity index (χ3n) is 2.71. The Balaban J connectivity index is 2.20. The Morgan fingerprint density at radius 1 is 1.47 bits per heavy atom. The highest BCUT2D eigenvalue weighted by Crippen LogP contribution is 2.24. The van der Waals surface area contributed by atoms with Crippen LogP contribution in [0.2, 0.25) is 0 Å². The number of hydrogen-bond donors (Lipinski definition) is 2. The van der Waals surface area contributed by atoms with Crippen molar-refractivity contribution in [3.8, 4) is 0 Å². The molecule has 1 unspecified atom stereocenters. The van der Waals surface area contributed by atoms with Crippen molar-refractivity contribution in [2.45, 2.75) is 12.3 Å². The van der Waals surface area contributed by atoms with Gasteiger partial charge in [0.25, 0.3) is 5.71 Å². The van der Waals surface area contributed by atoms with E-state index < -0.39 is 5.76 Å². The minimum absolute atomic E-state index is 0.337. The Morgan fingerprint density at radius 3 is 3.20 bits per heavy atom. The molecule has 1 aliphatic rings. The van der Waals surface area contributed by atoms with Crippen molar-refractivity contribution in [1.29, 1.82) is 0 Å². The van der Waals surface area contributed by atoms with Crippen molar-refractivity contribution in [1.82, 2.24) is 20.3 Å². The Bertz CT molecular complexity index is 538. The quantitative estimate of drug-likeness (QED) is 0.685. The lowest BCUT2D eigenvalue weighted by Crippen LogP contribution is -2.09. The van der Waals surface area contributed by atoms with E-state index in [9.17, 15) is 4.79 Å². The first-order chi connectivity index (χ1) is 7.34. The molecule has 2 aromatic rings. The second-order valence-electron chi connectivity index (χ2n) is 3.64. The SMILES string of the molecule is O=c1[nH]c2c(C3CCNC3)ncnc2o1. The van der Waals surface area contributed by atoms with Crippen LogP contribution in [-0.4, -0.2) is 28.0 Å². The van der Waals surface area contributed by atoms with Crippen molar-refractivity contribution < 1.29 is 4.42 Å². The summed E-state index contributed by atoms with van der Waals surface area (Å²) in [5.41, 5.74) is 1.85. The number of fused-ring (bicyclic) bond motifs is 1. The highest BCUT2D eigenvalue weighted by Gasteiger charge is 2.22. The highest BCUT2D eigenvalue weighted by atomic mass is 16.4. The predicted octanol–water partition coefficient (Wildman–Crippen LogP) is -0.0120. The molecule has 0 radical (unpaired) electrons. The summed E-state index contributed by atoms with van der Waals surface area (Å²) in [7, 11) is 0. The van der Waals surface area contributed by atoms with Gasteiger partial charge in [0, 0.05) is 12.5 Å². The second kappa shape index (κ2) is 3.16. The number of hydrogen-bond acceptors (Lipinski definition) is 5. The maximum absolute atomic E-state index is 11.1. The van der Waals surface area contributed by atoms with Crippen LogP contribution in [0.4, 0.5) is 0 Å². The molecule has 1 aliphatic heterocycles. The Hall–Kier alpha value is -1.69. The summed E-state index contributed by atoms with van der Waals surface area (Å²) in [5.74, 6) is -0.138. The van der Waals surface area contributed by atoms with E-state index in [0.717, 1.165) is 25.2 Å². The lowest BCUT2D eigenvalue weighted by atomic mass is 10.0. The van der Waals surface area contributed by atoms with Crippen LogP contribution in [0.3, 0.4) is 0 Å². The van der Waals surface area contributed by atoms with Gasteiger partial charge in [0.15, 0.2) is 0 Å². The molecule has 15 heavy (non-hydrogen) atoms. The van der Waals surface area contributed by atoms with E-state index in [-0.39, 0.29) is 0 Å². The number of rotatable bonds is 1. The normalized spacial score (nSPS) is 21.2. The van der Waals surface area contributed by atoms with E-state index in [4.69, 9.17) is 4.42 Å². The lowest BCUT2D eigenvalue weighted by molar-refractivity contribution is 0.545. The predicted molar refractivity (Wildman–Crippen MR) is 52.7 cm³/mol. The summed E-state index contributed by atoms with van der Waals surface area (Å²) in [6.07, 6.45) is 2.46. The van der Waals surface area contributed by atoms with E-state index in [2.05, 4.69) is 20.3 Å². The molecule has 0 spiro atoms. The van der Waals surface area contributed by atoms with E-state index in [1.807, 2.05) is 0 Å². The number of nitrogens with zero attached hydrogens (tertiary/aromatic N) is 2. The Kier molecular flexibility index (Phi) is 1.81. The highest BCUT2D eigenvalue weighted by molar-refractivity contribution is 5.70. The molecule has 6 heteroatoms. The molecule has 78 valence electrons. The summed E-state index contributed by atoms with van der Waals surface area (Å²) in [6, 6.07) is 0. The van der Waals surface area contributed by atoms with E-state index in [1.165, 1.54) is 6.33 Å². The molecular formula is C9H10N4O2. The number of H-pyrrole nitrogens is 1. The molecule has 1 fully saturated rings. The van der Waals surface area contributed by atoms with Crippen molar-refractivity contribution in [3.05, 3.63) is 22.6 Å². The van der Waals surface area contributed by atoms with Gasteiger partial charge in [-0.15, -0.1) is 0 Å². The zero-order valence-corrected chi connectivity index (χ0v) is 7.99. The lowest BCUT2D eigenvalue weighted by Gasteiger charge is -2.06. The number of oxazole rings is 1. The molecule has 1 atom stereocenters. The molecule has 0 bridgehead atoms. The zero-order valence-electron chi connectivity index (χ0n) is 7.99. The summed E-state index contributed by atoms with van der Waals surface area (Å²) < 4.78 is 4.89. The van der Waals surface area contributed by atoms with Gasteiger partial charge in [-0.2, -0.15) is 4.98 Å². The fourth-order valence-corrected chi connectivity index (χ4v) is 1.99. The maximum atomic E-state index is 11.1. The second-order valence-corrected chi connectivity index (χ2v) is 3.64. The van der Waals surface area contributed by atoms with Gasteiger partial charge in [-0.25, -0.2) is 9.78 Å². The molecule has 3 heterocycles. The molecule has 6 nitrogen and oxygen atoms in total. The monoisotopic (exact) mass is 206 g/mol. The number of nitrogens with one attached hydrogen (secondary N) is 2. The summed E-state index contributed by atoms with van der Waals surface area (Å²) in [5, 5.41) is 3.26. The maximum Gasteiger partial charge on any atom is 0.418 e. The number of aromatic nitrogens is 3. The van der Waals surface area contributed by atoms with Crippen LogP contribution in [0.15, 0.2) is 15.5 Å². The topological polar surface area (TPSA) is 83.8 Å². The van der Waals surface area contributed by atoms with Crippen molar-refractivity contribution in [2.75, 3.05) is 13.1 Å². The van der Waals surface area contributed by atoms with Crippen molar-refractivity contribution in [3.63, 3.8) is 0 Å². The molecule has 0 aromatic carbocycles. The molecule has 2 aromatic heterocycles. The van der Waals surface area contributed by atoms with Crippen LogP contribution in [-0.2, 0) is 0 Å². The van der Waals surface area contributed by atoms with Gasteiger partial charge >= 0.3 is 5.76 Å². The first-order valence-electron chi connectivity index (χ1n) is 4.89. The van der Waals surface area contributed by atoms with Crippen LogP contribution in [0.25, 0.3) is 11.2 Å². The smallest absolute Gasteiger partial charge is 0.389 e. The van der Waals surface area contributed by atoms with Crippen molar-refractivity contribution in [2.24, 2.45) is 0 Å². The zero-order chi connectivity index (χ0) is 10.3. The third kappa shape index (κ3) is 1.33. The van der Waals surface area contributed by atoms with Crippen LogP contribution in [0, 0.1) is 0 Å². The molecule has 2 N–H and O–H groups in total. The number of aromatic amines is 1. The largest absolute Gasteiger partial charge is 0.418 e. The van der Waals surface area contributed by atoms with E-state index in [0.29, 0.717) is 17.1 Å². The van der Waals surface area contributed by atoms with Gasteiger partial charge in [-0.05, 0) is 13.0 Å². The molecule has 3 rings (SSSR count). The first-order valence-corrected chi connectivity index (χ1v) is 4.89.